The Morgan fingerprint density at radius 2 is 2.00 bits per heavy atom. The van der Waals surface area contributed by atoms with Crippen molar-refractivity contribution in [2.45, 2.75) is 32.9 Å². The molecular formula is C17H26N2. The van der Waals surface area contributed by atoms with Gasteiger partial charge >= 0.3 is 0 Å². The van der Waals surface area contributed by atoms with Crippen molar-refractivity contribution < 1.29 is 0 Å². The second-order valence-electron chi connectivity index (χ2n) is 6.50. The van der Waals surface area contributed by atoms with Gasteiger partial charge in [0.05, 0.1) is 0 Å². The molecule has 1 aromatic carbocycles. The fraction of sp³-hybridized carbons (Fsp3) is 0.529. The van der Waals surface area contributed by atoms with E-state index >= 15 is 0 Å². The minimum Gasteiger partial charge on any atom is -0.307 e. The molecule has 1 N–H and O–H groups in total. The molecule has 0 bridgehead atoms. The zero-order chi connectivity index (χ0) is 13.9. The van der Waals surface area contributed by atoms with Gasteiger partial charge in [-0.05, 0) is 11.0 Å². The van der Waals surface area contributed by atoms with E-state index in [9.17, 15) is 0 Å². The van der Waals surface area contributed by atoms with Gasteiger partial charge in [-0.2, -0.15) is 0 Å². The van der Waals surface area contributed by atoms with Gasteiger partial charge in [-0.15, -0.1) is 6.58 Å². The minimum absolute atomic E-state index is 0.289. The van der Waals surface area contributed by atoms with Crippen molar-refractivity contribution in [1.82, 2.24) is 10.2 Å². The van der Waals surface area contributed by atoms with Crippen LogP contribution in [-0.2, 0) is 0 Å². The van der Waals surface area contributed by atoms with Crippen LogP contribution in [-0.4, -0.2) is 30.6 Å². The molecule has 1 fully saturated rings. The SMILES string of the molecule is C=CCN1CC(c2ccccc2)NCC1C(C)(C)C. The second kappa shape index (κ2) is 5.89. The lowest BCUT2D eigenvalue weighted by Crippen LogP contribution is -2.57. The van der Waals surface area contributed by atoms with E-state index in [1.165, 1.54) is 5.56 Å². The summed E-state index contributed by atoms with van der Waals surface area (Å²) in [5, 5.41) is 3.70. The zero-order valence-electron chi connectivity index (χ0n) is 12.4. The van der Waals surface area contributed by atoms with Gasteiger partial charge in [0.15, 0.2) is 0 Å². The van der Waals surface area contributed by atoms with Gasteiger partial charge in [0.2, 0.25) is 0 Å². The molecule has 0 spiro atoms. The van der Waals surface area contributed by atoms with E-state index in [1.807, 2.05) is 6.08 Å². The summed E-state index contributed by atoms with van der Waals surface area (Å²) in [5.74, 6) is 0. The summed E-state index contributed by atoms with van der Waals surface area (Å²) in [5.41, 5.74) is 1.67. The van der Waals surface area contributed by atoms with Crippen molar-refractivity contribution in [2.24, 2.45) is 5.41 Å². The number of rotatable bonds is 3. The van der Waals surface area contributed by atoms with Crippen molar-refractivity contribution in [3.8, 4) is 0 Å². The van der Waals surface area contributed by atoms with Crippen LogP contribution in [0.4, 0.5) is 0 Å². The third-order valence-electron chi connectivity index (χ3n) is 3.98. The van der Waals surface area contributed by atoms with Crippen LogP contribution in [0.3, 0.4) is 0 Å². The van der Waals surface area contributed by atoms with Crippen LogP contribution in [0.2, 0.25) is 0 Å². The minimum atomic E-state index is 0.289. The van der Waals surface area contributed by atoms with E-state index in [-0.39, 0.29) is 5.41 Å². The standard InChI is InChI=1S/C17H26N2/c1-5-11-19-13-15(14-9-7-6-8-10-14)18-12-16(19)17(2,3)4/h5-10,15-16,18H,1,11-13H2,2-4H3. The summed E-state index contributed by atoms with van der Waals surface area (Å²) in [6, 6.07) is 11.7. The molecule has 1 aliphatic rings. The van der Waals surface area contributed by atoms with Gasteiger partial charge in [-0.3, -0.25) is 4.90 Å². The smallest absolute Gasteiger partial charge is 0.0450 e. The van der Waals surface area contributed by atoms with E-state index in [1.54, 1.807) is 0 Å². The first kappa shape index (κ1) is 14.3. The number of hydrogen-bond acceptors (Lipinski definition) is 2. The van der Waals surface area contributed by atoms with Gasteiger partial charge in [0, 0.05) is 31.7 Å². The first-order valence-corrected chi connectivity index (χ1v) is 7.15. The van der Waals surface area contributed by atoms with E-state index in [0.29, 0.717) is 12.1 Å². The van der Waals surface area contributed by atoms with Crippen LogP contribution in [0, 0.1) is 5.41 Å². The topological polar surface area (TPSA) is 15.3 Å². The first-order chi connectivity index (χ1) is 9.02. The van der Waals surface area contributed by atoms with E-state index in [4.69, 9.17) is 0 Å². The molecule has 0 radical (unpaired) electrons. The number of benzene rings is 1. The highest BCUT2D eigenvalue weighted by molar-refractivity contribution is 5.20. The normalized spacial score (nSPS) is 25.2. The van der Waals surface area contributed by atoms with E-state index in [0.717, 1.165) is 19.6 Å². The Labute approximate surface area is 117 Å². The van der Waals surface area contributed by atoms with Gasteiger partial charge in [-0.25, -0.2) is 0 Å². The van der Waals surface area contributed by atoms with Gasteiger partial charge in [0.25, 0.3) is 0 Å². The summed E-state index contributed by atoms with van der Waals surface area (Å²) >= 11 is 0. The molecule has 2 nitrogen and oxygen atoms in total. The van der Waals surface area contributed by atoms with Gasteiger partial charge in [-0.1, -0.05) is 57.2 Å². The zero-order valence-corrected chi connectivity index (χ0v) is 12.4. The fourth-order valence-corrected chi connectivity index (χ4v) is 2.94. The van der Waals surface area contributed by atoms with Crippen molar-refractivity contribution in [3.05, 3.63) is 48.6 Å². The van der Waals surface area contributed by atoms with E-state index < -0.39 is 0 Å². The highest BCUT2D eigenvalue weighted by Gasteiger charge is 2.35. The quantitative estimate of drug-likeness (QED) is 0.837. The maximum Gasteiger partial charge on any atom is 0.0450 e. The fourth-order valence-electron chi connectivity index (χ4n) is 2.94. The molecule has 2 unspecified atom stereocenters. The van der Waals surface area contributed by atoms with Crippen LogP contribution in [0.25, 0.3) is 0 Å². The predicted molar refractivity (Wildman–Crippen MR) is 82.2 cm³/mol. The lowest BCUT2D eigenvalue weighted by atomic mass is 9.83. The van der Waals surface area contributed by atoms with Gasteiger partial charge < -0.3 is 5.32 Å². The monoisotopic (exact) mass is 258 g/mol. The molecule has 2 heteroatoms. The lowest BCUT2D eigenvalue weighted by Gasteiger charge is -2.46. The summed E-state index contributed by atoms with van der Waals surface area (Å²) in [4.78, 5) is 2.56. The molecule has 2 atom stereocenters. The number of piperazine rings is 1. The Bertz CT molecular complexity index is 405. The first-order valence-electron chi connectivity index (χ1n) is 7.15. The van der Waals surface area contributed by atoms with Crippen molar-refractivity contribution >= 4 is 0 Å². The van der Waals surface area contributed by atoms with Crippen LogP contribution in [0.1, 0.15) is 32.4 Å². The van der Waals surface area contributed by atoms with Crippen LogP contribution in [0.15, 0.2) is 43.0 Å². The van der Waals surface area contributed by atoms with Crippen molar-refractivity contribution in [1.29, 1.82) is 0 Å². The van der Waals surface area contributed by atoms with Crippen molar-refractivity contribution in [2.75, 3.05) is 19.6 Å². The van der Waals surface area contributed by atoms with Crippen molar-refractivity contribution in [3.63, 3.8) is 0 Å². The third kappa shape index (κ3) is 3.46. The Morgan fingerprint density at radius 1 is 1.32 bits per heavy atom. The highest BCUT2D eigenvalue weighted by atomic mass is 15.2. The molecule has 0 aromatic heterocycles. The second-order valence-corrected chi connectivity index (χ2v) is 6.50. The molecule has 1 heterocycles. The maximum atomic E-state index is 3.91. The van der Waals surface area contributed by atoms with E-state index in [2.05, 4.69) is 67.9 Å². The molecule has 0 saturated carbocycles. The Kier molecular flexibility index (Phi) is 4.43. The van der Waals surface area contributed by atoms with Crippen LogP contribution in [0.5, 0.6) is 0 Å². The molecular weight excluding hydrogens is 232 g/mol. The molecule has 19 heavy (non-hydrogen) atoms. The maximum absolute atomic E-state index is 3.91. The number of nitrogens with one attached hydrogen (secondary N) is 1. The average molecular weight is 258 g/mol. The molecule has 2 rings (SSSR count). The predicted octanol–water partition coefficient (Wildman–Crippen LogP) is 3.23. The average Bonchev–Trinajstić information content (AvgIpc) is 2.39. The Hall–Kier alpha value is -1.12. The third-order valence-corrected chi connectivity index (χ3v) is 3.98. The lowest BCUT2D eigenvalue weighted by molar-refractivity contribution is 0.0658. The molecule has 1 aromatic rings. The van der Waals surface area contributed by atoms with Gasteiger partial charge in [0.1, 0.15) is 0 Å². The molecule has 0 amide bonds. The summed E-state index contributed by atoms with van der Waals surface area (Å²) in [7, 11) is 0. The Balaban J connectivity index is 2.12. The molecule has 0 aliphatic carbocycles. The Morgan fingerprint density at radius 3 is 2.58 bits per heavy atom. The molecule has 104 valence electrons. The number of hydrogen-bond donors (Lipinski definition) is 1. The molecule has 1 aliphatic heterocycles. The van der Waals surface area contributed by atoms with Crippen LogP contribution >= 0.6 is 0 Å². The molecule has 1 saturated heterocycles. The highest BCUT2D eigenvalue weighted by Crippen LogP contribution is 2.29. The summed E-state index contributed by atoms with van der Waals surface area (Å²) in [6.45, 7) is 13.9. The van der Waals surface area contributed by atoms with Crippen LogP contribution < -0.4 is 5.32 Å². The summed E-state index contributed by atoms with van der Waals surface area (Å²) in [6.07, 6.45) is 2.02. The largest absolute Gasteiger partial charge is 0.307 e. The number of nitrogens with zero attached hydrogens (tertiary/aromatic N) is 1. The summed E-state index contributed by atoms with van der Waals surface area (Å²) < 4.78 is 0.